The molecule has 0 saturated carbocycles. The van der Waals surface area contributed by atoms with Crippen LogP contribution in [0, 0.1) is 0 Å². The van der Waals surface area contributed by atoms with Crippen molar-refractivity contribution in [2.75, 3.05) is 0 Å². The molecular formula is C13H19NO3. The molecule has 94 valence electrons. The van der Waals surface area contributed by atoms with Crippen LogP contribution in [-0.4, -0.2) is 17.6 Å². The summed E-state index contributed by atoms with van der Waals surface area (Å²) in [7, 11) is 0. The lowest BCUT2D eigenvalue weighted by Crippen LogP contribution is -2.40. The SMILES string of the molecule is CC(Oc1ccccc1)C(=O)NOC(C)(C)C. The fourth-order valence-electron chi connectivity index (χ4n) is 1.04. The normalized spacial score (nSPS) is 12.9. The number of hydroxylamine groups is 1. The summed E-state index contributed by atoms with van der Waals surface area (Å²) in [5.41, 5.74) is 1.96. The summed E-state index contributed by atoms with van der Waals surface area (Å²) in [5.74, 6) is 0.356. The third kappa shape index (κ3) is 5.36. The summed E-state index contributed by atoms with van der Waals surface area (Å²) >= 11 is 0. The van der Waals surface area contributed by atoms with Gasteiger partial charge in [-0.3, -0.25) is 9.63 Å². The highest BCUT2D eigenvalue weighted by molar-refractivity contribution is 5.79. The molecule has 0 aromatic heterocycles. The van der Waals surface area contributed by atoms with Crippen molar-refractivity contribution in [1.29, 1.82) is 0 Å². The maximum Gasteiger partial charge on any atom is 0.284 e. The van der Waals surface area contributed by atoms with E-state index in [0.717, 1.165) is 0 Å². The topological polar surface area (TPSA) is 47.6 Å². The van der Waals surface area contributed by atoms with Gasteiger partial charge in [0.2, 0.25) is 0 Å². The number of ether oxygens (including phenoxy) is 1. The molecular weight excluding hydrogens is 218 g/mol. The van der Waals surface area contributed by atoms with E-state index in [0.29, 0.717) is 5.75 Å². The van der Waals surface area contributed by atoms with E-state index in [9.17, 15) is 4.79 Å². The van der Waals surface area contributed by atoms with Gasteiger partial charge in [0, 0.05) is 0 Å². The van der Waals surface area contributed by atoms with Gasteiger partial charge in [-0.05, 0) is 39.8 Å². The Hall–Kier alpha value is -1.55. The van der Waals surface area contributed by atoms with E-state index in [4.69, 9.17) is 9.57 Å². The molecule has 1 atom stereocenters. The van der Waals surface area contributed by atoms with Gasteiger partial charge in [0.15, 0.2) is 6.10 Å². The van der Waals surface area contributed by atoms with Gasteiger partial charge in [0.1, 0.15) is 5.75 Å². The number of para-hydroxylation sites is 1. The van der Waals surface area contributed by atoms with Crippen LogP contribution in [0.25, 0.3) is 0 Å². The quantitative estimate of drug-likeness (QED) is 0.817. The number of benzene rings is 1. The number of carbonyl (C=O) groups excluding carboxylic acids is 1. The van der Waals surface area contributed by atoms with Crippen LogP contribution in [0.15, 0.2) is 30.3 Å². The molecule has 4 nitrogen and oxygen atoms in total. The number of hydrogen-bond donors (Lipinski definition) is 1. The first-order valence-electron chi connectivity index (χ1n) is 5.58. The van der Waals surface area contributed by atoms with Crippen molar-refractivity contribution in [2.24, 2.45) is 0 Å². The van der Waals surface area contributed by atoms with E-state index < -0.39 is 11.7 Å². The molecule has 0 bridgehead atoms. The van der Waals surface area contributed by atoms with Gasteiger partial charge in [-0.2, -0.15) is 0 Å². The van der Waals surface area contributed by atoms with E-state index in [-0.39, 0.29) is 5.91 Å². The molecule has 1 aromatic carbocycles. The predicted octanol–water partition coefficient (Wildman–Crippen LogP) is 2.30. The summed E-state index contributed by atoms with van der Waals surface area (Å²) in [4.78, 5) is 16.8. The molecule has 1 rings (SSSR count). The highest BCUT2D eigenvalue weighted by atomic mass is 16.7. The number of hydrogen-bond acceptors (Lipinski definition) is 3. The van der Waals surface area contributed by atoms with Crippen molar-refractivity contribution in [3.05, 3.63) is 30.3 Å². The lowest BCUT2D eigenvalue weighted by Gasteiger charge is -2.21. The minimum atomic E-state index is -0.597. The second-order valence-electron chi connectivity index (χ2n) is 4.75. The largest absolute Gasteiger partial charge is 0.481 e. The minimum absolute atomic E-state index is 0.302. The van der Waals surface area contributed by atoms with E-state index in [1.165, 1.54) is 0 Å². The molecule has 1 N–H and O–H groups in total. The fraction of sp³-hybridized carbons (Fsp3) is 0.462. The monoisotopic (exact) mass is 237 g/mol. The number of rotatable bonds is 4. The number of nitrogens with one attached hydrogen (secondary N) is 1. The zero-order valence-electron chi connectivity index (χ0n) is 10.7. The Kier molecular flexibility index (Phi) is 4.52. The Labute approximate surface area is 102 Å². The van der Waals surface area contributed by atoms with Crippen LogP contribution in [0.5, 0.6) is 5.75 Å². The highest BCUT2D eigenvalue weighted by Gasteiger charge is 2.18. The van der Waals surface area contributed by atoms with Crippen LogP contribution < -0.4 is 10.2 Å². The van der Waals surface area contributed by atoms with E-state index >= 15 is 0 Å². The number of amides is 1. The third-order valence-electron chi connectivity index (χ3n) is 1.88. The van der Waals surface area contributed by atoms with Crippen LogP contribution in [0.2, 0.25) is 0 Å². The standard InChI is InChI=1S/C13H19NO3/c1-10(12(15)14-17-13(2,3)4)16-11-8-6-5-7-9-11/h5-10H,1-4H3,(H,14,15). The highest BCUT2D eigenvalue weighted by Crippen LogP contribution is 2.11. The Morgan fingerprint density at radius 1 is 1.24 bits per heavy atom. The molecule has 0 radical (unpaired) electrons. The van der Waals surface area contributed by atoms with Gasteiger partial charge in [0.05, 0.1) is 5.60 Å². The third-order valence-corrected chi connectivity index (χ3v) is 1.88. The van der Waals surface area contributed by atoms with Gasteiger partial charge >= 0.3 is 0 Å². The lowest BCUT2D eigenvalue weighted by molar-refractivity contribution is -0.151. The lowest BCUT2D eigenvalue weighted by atomic mass is 10.2. The van der Waals surface area contributed by atoms with Crippen LogP contribution in [0.4, 0.5) is 0 Å². The molecule has 0 aliphatic heterocycles. The van der Waals surface area contributed by atoms with Crippen molar-refractivity contribution in [1.82, 2.24) is 5.48 Å². The summed E-state index contributed by atoms with van der Waals surface area (Å²) < 4.78 is 5.45. The van der Waals surface area contributed by atoms with Crippen molar-refractivity contribution in [3.63, 3.8) is 0 Å². The van der Waals surface area contributed by atoms with E-state index in [1.54, 1.807) is 19.1 Å². The summed E-state index contributed by atoms with van der Waals surface area (Å²) in [6, 6.07) is 9.19. The molecule has 1 amide bonds. The van der Waals surface area contributed by atoms with E-state index in [2.05, 4.69) is 5.48 Å². The average molecular weight is 237 g/mol. The molecule has 0 fully saturated rings. The smallest absolute Gasteiger partial charge is 0.284 e. The minimum Gasteiger partial charge on any atom is -0.481 e. The molecule has 1 aromatic rings. The molecule has 4 heteroatoms. The van der Waals surface area contributed by atoms with Gasteiger partial charge in [-0.25, -0.2) is 5.48 Å². The van der Waals surface area contributed by atoms with Crippen LogP contribution in [0.3, 0.4) is 0 Å². The van der Waals surface area contributed by atoms with Gasteiger partial charge in [-0.1, -0.05) is 18.2 Å². The molecule has 17 heavy (non-hydrogen) atoms. The van der Waals surface area contributed by atoms with Crippen LogP contribution >= 0.6 is 0 Å². The van der Waals surface area contributed by atoms with E-state index in [1.807, 2.05) is 39.0 Å². The zero-order valence-corrected chi connectivity index (χ0v) is 10.7. The zero-order chi connectivity index (χ0) is 12.9. The Bertz CT molecular complexity index is 357. The maximum atomic E-state index is 11.6. The first kappa shape index (κ1) is 13.5. The molecule has 1 unspecified atom stereocenters. The average Bonchev–Trinajstić information content (AvgIpc) is 2.26. The van der Waals surface area contributed by atoms with Crippen LogP contribution in [0.1, 0.15) is 27.7 Å². The van der Waals surface area contributed by atoms with Crippen molar-refractivity contribution >= 4 is 5.91 Å². The summed E-state index contributed by atoms with van der Waals surface area (Å²) in [6.07, 6.45) is -0.597. The Balaban J connectivity index is 2.43. The second-order valence-corrected chi connectivity index (χ2v) is 4.75. The van der Waals surface area contributed by atoms with Crippen molar-refractivity contribution in [2.45, 2.75) is 39.4 Å². The predicted molar refractivity (Wildman–Crippen MR) is 65.5 cm³/mol. The summed E-state index contributed by atoms with van der Waals surface area (Å²) in [6.45, 7) is 7.25. The molecule has 0 aliphatic rings. The van der Waals surface area contributed by atoms with Gasteiger partial charge in [-0.15, -0.1) is 0 Å². The first-order valence-corrected chi connectivity index (χ1v) is 5.58. The van der Waals surface area contributed by atoms with Crippen LogP contribution in [-0.2, 0) is 9.63 Å². The molecule has 0 heterocycles. The van der Waals surface area contributed by atoms with Gasteiger partial charge in [0.25, 0.3) is 5.91 Å². The second kappa shape index (κ2) is 5.68. The van der Waals surface area contributed by atoms with Gasteiger partial charge < -0.3 is 4.74 Å². The van der Waals surface area contributed by atoms with Crippen molar-refractivity contribution < 1.29 is 14.4 Å². The number of carbonyl (C=O) groups is 1. The Morgan fingerprint density at radius 2 is 1.82 bits per heavy atom. The summed E-state index contributed by atoms with van der Waals surface area (Å²) in [5, 5.41) is 0. The molecule has 0 aliphatic carbocycles. The molecule has 0 saturated heterocycles. The maximum absolute atomic E-state index is 11.6. The Morgan fingerprint density at radius 3 is 2.35 bits per heavy atom. The fourth-order valence-corrected chi connectivity index (χ4v) is 1.04. The first-order chi connectivity index (χ1) is 7.88. The van der Waals surface area contributed by atoms with Crippen molar-refractivity contribution in [3.8, 4) is 5.75 Å². The molecule has 0 spiro atoms.